The predicted octanol–water partition coefficient (Wildman–Crippen LogP) is 2.58. The zero-order chi connectivity index (χ0) is 11.4. The highest BCUT2D eigenvalue weighted by molar-refractivity contribution is 5.48. The lowest BCUT2D eigenvalue weighted by Crippen LogP contribution is -2.04. The van der Waals surface area contributed by atoms with Crippen molar-refractivity contribution in [2.24, 2.45) is 0 Å². The van der Waals surface area contributed by atoms with E-state index in [1.54, 1.807) is 0 Å². The Morgan fingerprint density at radius 1 is 1.12 bits per heavy atom. The van der Waals surface area contributed by atoms with E-state index in [1.165, 1.54) is 0 Å². The van der Waals surface area contributed by atoms with Crippen molar-refractivity contribution >= 4 is 11.5 Å². The standard InChI is InChI=1S/C13H15N3/c1-10-5-4-8-13(16-10)15-9-11-6-2-3-7-12(11)14/h2-8H,9,14H2,1H3,(H,15,16). The molecule has 2 rings (SSSR count). The van der Waals surface area contributed by atoms with Crippen LogP contribution in [-0.2, 0) is 6.54 Å². The molecule has 1 aromatic carbocycles. The van der Waals surface area contributed by atoms with Crippen LogP contribution >= 0.6 is 0 Å². The summed E-state index contributed by atoms with van der Waals surface area (Å²) in [5.74, 6) is 0.878. The molecule has 3 nitrogen and oxygen atoms in total. The van der Waals surface area contributed by atoms with Gasteiger partial charge in [0.25, 0.3) is 0 Å². The number of nitrogens with two attached hydrogens (primary N) is 1. The minimum absolute atomic E-state index is 0.698. The van der Waals surface area contributed by atoms with Crippen molar-refractivity contribution in [3.8, 4) is 0 Å². The maximum atomic E-state index is 5.85. The van der Waals surface area contributed by atoms with Gasteiger partial charge in [0.2, 0.25) is 0 Å². The third-order valence-electron chi connectivity index (χ3n) is 2.40. The van der Waals surface area contributed by atoms with E-state index in [-0.39, 0.29) is 0 Å². The maximum absolute atomic E-state index is 5.85. The Bertz CT molecular complexity index is 480. The third kappa shape index (κ3) is 2.51. The van der Waals surface area contributed by atoms with Gasteiger partial charge in [0.15, 0.2) is 0 Å². The van der Waals surface area contributed by atoms with Crippen molar-refractivity contribution in [3.05, 3.63) is 53.7 Å². The Morgan fingerprint density at radius 2 is 1.94 bits per heavy atom. The highest BCUT2D eigenvalue weighted by Crippen LogP contribution is 2.12. The van der Waals surface area contributed by atoms with Gasteiger partial charge < -0.3 is 11.1 Å². The summed E-state index contributed by atoms with van der Waals surface area (Å²) >= 11 is 0. The van der Waals surface area contributed by atoms with Crippen molar-refractivity contribution < 1.29 is 0 Å². The van der Waals surface area contributed by atoms with Crippen molar-refractivity contribution in [2.45, 2.75) is 13.5 Å². The molecule has 0 radical (unpaired) electrons. The van der Waals surface area contributed by atoms with Crippen LogP contribution in [-0.4, -0.2) is 4.98 Å². The lowest BCUT2D eigenvalue weighted by molar-refractivity contribution is 1.09. The number of para-hydroxylation sites is 1. The zero-order valence-electron chi connectivity index (χ0n) is 9.27. The molecule has 1 aromatic heterocycles. The van der Waals surface area contributed by atoms with E-state index in [1.807, 2.05) is 49.4 Å². The van der Waals surface area contributed by atoms with Crippen LogP contribution in [0.25, 0.3) is 0 Å². The van der Waals surface area contributed by atoms with Crippen LogP contribution in [0.3, 0.4) is 0 Å². The molecule has 0 aliphatic rings. The van der Waals surface area contributed by atoms with E-state index in [0.717, 1.165) is 22.8 Å². The fraction of sp³-hybridized carbons (Fsp3) is 0.154. The van der Waals surface area contributed by atoms with Crippen LogP contribution in [0.15, 0.2) is 42.5 Å². The number of nitrogen functional groups attached to an aromatic ring is 1. The Morgan fingerprint density at radius 3 is 2.69 bits per heavy atom. The molecule has 2 aromatic rings. The molecule has 16 heavy (non-hydrogen) atoms. The van der Waals surface area contributed by atoms with Gasteiger partial charge in [0.05, 0.1) is 0 Å². The summed E-state index contributed by atoms with van der Waals surface area (Å²) in [6.45, 7) is 2.67. The SMILES string of the molecule is Cc1cccc(NCc2ccccc2N)n1. The van der Waals surface area contributed by atoms with E-state index in [0.29, 0.717) is 6.54 Å². The molecule has 0 fully saturated rings. The van der Waals surface area contributed by atoms with Crippen LogP contribution < -0.4 is 11.1 Å². The number of aryl methyl sites for hydroxylation is 1. The smallest absolute Gasteiger partial charge is 0.126 e. The minimum Gasteiger partial charge on any atom is -0.398 e. The molecule has 0 aliphatic heterocycles. The molecule has 1 heterocycles. The van der Waals surface area contributed by atoms with Gasteiger partial charge in [0, 0.05) is 17.9 Å². The van der Waals surface area contributed by atoms with Gasteiger partial charge in [-0.25, -0.2) is 4.98 Å². The first kappa shape index (κ1) is 10.5. The fourth-order valence-electron chi connectivity index (χ4n) is 1.52. The van der Waals surface area contributed by atoms with Crippen molar-refractivity contribution in [3.63, 3.8) is 0 Å². The molecular weight excluding hydrogens is 198 g/mol. The number of benzene rings is 1. The minimum atomic E-state index is 0.698. The number of pyridine rings is 1. The Labute approximate surface area is 95.3 Å². The van der Waals surface area contributed by atoms with E-state index in [9.17, 15) is 0 Å². The molecule has 0 atom stereocenters. The van der Waals surface area contributed by atoms with Crippen LogP contribution in [0.2, 0.25) is 0 Å². The Kier molecular flexibility index (Phi) is 3.05. The Hall–Kier alpha value is -2.03. The lowest BCUT2D eigenvalue weighted by atomic mass is 10.2. The molecule has 0 amide bonds. The molecule has 0 unspecified atom stereocenters. The van der Waals surface area contributed by atoms with E-state index < -0.39 is 0 Å². The first-order valence-electron chi connectivity index (χ1n) is 5.26. The summed E-state index contributed by atoms with van der Waals surface area (Å²) in [5, 5.41) is 3.25. The summed E-state index contributed by atoms with van der Waals surface area (Å²) in [5.41, 5.74) is 8.76. The largest absolute Gasteiger partial charge is 0.398 e. The molecule has 3 heteroatoms. The fourth-order valence-corrected chi connectivity index (χ4v) is 1.52. The Balaban J connectivity index is 2.05. The van der Waals surface area contributed by atoms with Gasteiger partial charge in [-0.05, 0) is 30.7 Å². The summed E-state index contributed by atoms with van der Waals surface area (Å²) in [7, 11) is 0. The monoisotopic (exact) mass is 213 g/mol. The summed E-state index contributed by atoms with van der Waals surface area (Å²) in [4.78, 5) is 4.37. The van der Waals surface area contributed by atoms with E-state index in [2.05, 4.69) is 10.3 Å². The number of hydrogen-bond acceptors (Lipinski definition) is 3. The highest BCUT2D eigenvalue weighted by atomic mass is 15.0. The molecule has 0 spiro atoms. The van der Waals surface area contributed by atoms with Crippen molar-refractivity contribution in [1.29, 1.82) is 0 Å². The van der Waals surface area contributed by atoms with Crippen molar-refractivity contribution in [1.82, 2.24) is 4.98 Å². The van der Waals surface area contributed by atoms with E-state index >= 15 is 0 Å². The lowest BCUT2D eigenvalue weighted by Gasteiger charge is -2.08. The van der Waals surface area contributed by atoms with Crippen LogP contribution in [0.1, 0.15) is 11.3 Å². The zero-order valence-corrected chi connectivity index (χ0v) is 9.27. The van der Waals surface area contributed by atoms with E-state index in [4.69, 9.17) is 5.73 Å². The summed E-state index contributed by atoms with van der Waals surface area (Å²) < 4.78 is 0. The van der Waals surface area contributed by atoms with Gasteiger partial charge in [-0.15, -0.1) is 0 Å². The predicted molar refractivity (Wildman–Crippen MR) is 67.2 cm³/mol. The second-order valence-electron chi connectivity index (χ2n) is 3.72. The summed E-state index contributed by atoms with van der Waals surface area (Å²) in [6, 6.07) is 13.7. The van der Waals surface area contributed by atoms with Gasteiger partial charge in [-0.2, -0.15) is 0 Å². The van der Waals surface area contributed by atoms with Gasteiger partial charge >= 0.3 is 0 Å². The quantitative estimate of drug-likeness (QED) is 0.770. The second-order valence-corrected chi connectivity index (χ2v) is 3.72. The first-order chi connectivity index (χ1) is 7.75. The van der Waals surface area contributed by atoms with Crippen LogP contribution in [0.5, 0.6) is 0 Å². The molecular formula is C13H15N3. The molecule has 0 saturated carbocycles. The average molecular weight is 213 g/mol. The topological polar surface area (TPSA) is 50.9 Å². The number of hydrogen-bond donors (Lipinski definition) is 2. The van der Waals surface area contributed by atoms with Crippen LogP contribution in [0, 0.1) is 6.92 Å². The first-order valence-corrected chi connectivity index (χ1v) is 5.26. The summed E-state index contributed by atoms with van der Waals surface area (Å²) in [6.07, 6.45) is 0. The number of aromatic nitrogens is 1. The number of rotatable bonds is 3. The molecule has 0 saturated heterocycles. The number of nitrogens with zero attached hydrogens (tertiary/aromatic N) is 1. The maximum Gasteiger partial charge on any atom is 0.126 e. The average Bonchev–Trinajstić information content (AvgIpc) is 2.28. The highest BCUT2D eigenvalue weighted by Gasteiger charge is 1.98. The van der Waals surface area contributed by atoms with Gasteiger partial charge in [0.1, 0.15) is 5.82 Å². The van der Waals surface area contributed by atoms with Gasteiger partial charge in [-0.3, -0.25) is 0 Å². The second kappa shape index (κ2) is 4.66. The molecule has 82 valence electrons. The third-order valence-corrected chi connectivity index (χ3v) is 2.40. The normalized spacial score (nSPS) is 10.1. The molecule has 0 bridgehead atoms. The number of anilines is 2. The van der Waals surface area contributed by atoms with Crippen molar-refractivity contribution in [2.75, 3.05) is 11.1 Å². The molecule has 0 aliphatic carbocycles. The van der Waals surface area contributed by atoms with Crippen LogP contribution in [0.4, 0.5) is 11.5 Å². The number of nitrogens with one attached hydrogen (secondary N) is 1. The van der Waals surface area contributed by atoms with Gasteiger partial charge in [-0.1, -0.05) is 24.3 Å². The molecule has 3 N–H and O–H groups in total.